The molecule has 0 radical (unpaired) electrons. The van der Waals surface area contributed by atoms with Crippen LogP contribution in [0.25, 0.3) is 21.9 Å². The van der Waals surface area contributed by atoms with Gasteiger partial charge >= 0.3 is 5.76 Å². The van der Waals surface area contributed by atoms with Crippen LogP contribution in [0.4, 0.5) is 0 Å². The summed E-state index contributed by atoms with van der Waals surface area (Å²) in [5, 5.41) is 2.32. The van der Waals surface area contributed by atoms with Gasteiger partial charge in [0.2, 0.25) is 0 Å². The molecule has 4 aromatic rings. The van der Waals surface area contributed by atoms with Crippen LogP contribution in [-0.2, 0) is 13.2 Å². The van der Waals surface area contributed by atoms with Crippen molar-refractivity contribution in [2.24, 2.45) is 0 Å². The molecule has 0 fully saturated rings. The second kappa shape index (κ2) is 6.69. The molecule has 0 aliphatic carbocycles. The van der Waals surface area contributed by atoms with Crippen molar-refractivity contribution in [3.05, 3.63) is 76.8 Å². The Morgan fingerprint density at radius 3 is 2.65 bits per heavy atom. The van der Waals surface area contributed by atoms with Gasteiger partial charge in [-0.25, -0.2) is 4.79 Å². The summed E-state index contributed by atoms with van der Waals surface area (Å²) in [6, 6.07) is 19.9. The molecule has 3 aromatic carbocycles. The largest absolute Gasteiger partial charge is 0.497 e. The lowest BCUT2D eigenvalue weighted by atomic mass is 10.1. The summed E-state index contributed by atoms with van der Waals surface area (Å²) in [4.78, 5) is 14.2. The number of rotatable bonds is 5. The number of methoxy groups -OCH3 is 1. The van der Waals surface area contributed by atoms with Crippen LogP contribution in [0.2, 0.25) is 0 Å². The Morgan fingerprint density at radius 1 is 1.04 bits per heavy atom. The summed E-state index contributed by atoms with van der Waals surface area (Å²) in [6.45, 7) is 1.20. The van der Waals surface area contributed by atoms with E-state index in [0.29, 0.717) is 12.3 Å². The summed E-state index contributed by atoms with van der Waals surface area (Å²) >= 11 is 0. The van der Waals surface area contributed by atoms with Crippen LogP contribution >= 0.6 is 0 Å². The predicted octanol–water partition coefficient (Wildman–Crippen LogP) is 3.85. The van der Waals surface area contributed by atoms with Crippen molar-refractivity contribution in [2.45, 2.75) is 13.2 Å². The maximum atomic E-state index is 12.1. The van der Waals surface area contributed by atoms with Gasteiger partial charge in [0.25, 0.3) is 0 Å². The zero-order chi connectivity index (χ0) is 18.1. The number of aromatic nitrogens is 1. The average Bonchev–Trinajstić information content (AvgIpc) is 2.96. The predicted molar refractivity (Wildman–Crippen MR) is 102 cm³/mol. The fourth-order valence-corrected chi connectivity index (χ4v) is 3.25. The molecule has 1 aromatic heterocycles. The van der Waals surface area contributed by atoms with Gasteiger partial charge in [-0.3, -0.25) is 9.47 Å². The molecule has 5 heteroatoms. The van der Waals surface area contributed by atoms with E-state index in [1.807, 2.05) is 43.4 Å². The van der Waals surface area contributed by atoms with Crippen LogP contribution in [0.3, 0.4) is 0 Å². The van der Waals surface area contributed by atoms with E-state index in [-0.39, 0.29) is 5.76 Å². The molecule has 0 N–H and O–H groups in total. The summed E-state index contributed by atoms with van der Waals surface area (Å²) in [6.07, 6.45) is 0. The number of nitrogens with zero attached hydrogens (tertiary/aromatic N) is 2. The van der Waals surface area contributed by atoms with E-state index in [2.05, 4.69) is 29.2 Å². The Hall–Kier alpha value is -3.05. The second-order valence-electron chi connectivity index (χ2n) is 6.47. The highest BCUT2D eigenvalue weighted by Gasteiger charge is 2.11. The average molecular weight is 348 g/mol. The summed E-state index contributed by atoms with van der Waals surface area (Å²) in [5.41, 5.74) is 2.62. The van der Waals surface area contributed by atoms with E-state index < -0.39 is 0 Å². The molecule has 0 amide bonds. The molecule has 0 bridgehead atoms. The summed E-state index contributed by atoms with van der Waals surface area (Å²) in [5.74, 6) is 0.525. The van der Waals surface area contributed by atoms with Crippen molar-refractivity contribution in [3.8, 4) is 5.75 Å². The van der Waals surface area contributed by atoms with Crippen LogP contribution in [0.15, 0.2) is 69.9 Å². The van der Waals surface area contributed by atoms with Crippen molar-refractivity contribution in [2.75, 3.05) is 14.2 Å². The molecule has 0 saturated carbocycles. The van der Waals surface area contributed by atoms with Crippen molar-refractivity contribution < 1.29 is 9.15 Å². The van der Waals surface area contributed by atoms with Gasteiger partial charge in [-0.05, 0) is 53.7 Å². The third-order valence-corrected chi connectivity index (χ3v) is 4.52. The van der Waals surface area contributed by atoms with Crippen molar-refractivity contribution >= 4 is 21.9 Å². The van der Waals surface area contributed by atoms with Crippen LogP contribution in [0.5, 0.6) is 5.75 Å². The lowest BCUT2D eigenvalue weighted by Crippen LogP contribution is -2.27. The molecule has 0 unspecified atom stereocenters. The third-order valence-electron chi connectivity index (χ3n) is 4.52. The monoisotopic (exact) mass is 348 g/mol. The minimum absolute atomic E-state index is 0.330. The molecule has 1 heterocycles. The molecular weight excluding hydrogens is 328 g/mol. The number of hydrogen-bond acceptors (Lipinski definition) is 4. The standard InChI is InChI=1S/C21H20N2O3/c1-22(14-23-19-5-3-4-6-20(19)26-21(23)24)13-15-7-8-17-12-18(25-2)10-9-16(17)11-15/h3-12H,13-14H2,1-2H3. The Bertz CT molecular complexity index is 1130. The van der Waals surface area contributed by atoms with E-state index in [0.717, 1.165) is 23.2 Å². The molecule has 0 atom stereocenters. The van der Waals surface area contributed by atoms with Crippen molar-refractivity contribution in [1.29, 1.82) is 0 Å². The molecule has 4 rings (SSSR count). The minimum atomic E-state index is -0.330. The first-order valence-electron chi connectivity index (χ1n) is 8.47. The van der Waals surface area contributed by atoms with E-state index >= 15 is 0 Å². The molecule has 26 heavy (non-hydrogen) atoms. The molecular formula is C21H20N2O3. The van der Waals surface area contributed by atoms with Gasteiger partial charge in [0.15, 0.2) is 5.58 Å². The first-order valence-corrected chi connectivity index (χ1v) is 8.47. The van der Waals surface area contributed by atoms with E-state index in [1.54, 1.807) is 11.7 Å². The van der Waals surface area contributed by atoms with E-state index in [9.17, 15) is 4.79 Å². The maximum Gasteiger partial charge on any atom is 0.421 e. The van der Waals surface area contributed by atoms with Gasteiger partial charge < -0.3 is 9.15 Å². The van der Waals surface area contributed by atoms with E-state index in [4.69, 9.17) is 9.15 Å². The molecule has 0 saturated heterocycles. The van der Waals surface area contributed by atoms with Gasteiger partial charge in [0.05, 0.1) is 19.3 Å². The van der Waals surface area contributed by atoms with Gasteiger partial charge in [-0.15, -0.1) is 0 Å². The Morgan fingerprint density at radius 2 is 1.81 bits per heavy atom. The van der Waals surface area contributed by atoms with Crippen LogP contribution in [-0.4, -0.2) is 23.6 Å². The Balaban J connectivity index is 1.56. The molecule has 0 aliphatic rings. The lowest BCUT2D eigenvalue weighted by Gasteiger charge is -2.17. The van der Waals surface area contributed by atoms with Gasteiger partial charge in [0.1, 0.15) is 5.75 Å². The molecule has 0 aliphatic heterocycles. The van der Waals surface area contributed by atoms with Crippen molar-refractivity contribution in [3.63, 3.8) is 0 Å². The molecule has 5 nitrogen and oxygen atoms in total. The molecule has 132 valence electrons. The highest BCUT2D eigenvalue weighted by molar-refractivity contribution is 5.84. The number of hydrogen-bond donors (Lipinski definition) is 0. The zero-order valence-corrected chi connectivity index (χ0v) is 14.8. The fraction of sp³-hybridized carbons (Fsp3) is 0.190. The fourth-order valence-electron chi connectivity index (χ4n) is 3.25. The van der Waals surface area contributed by atoms with Gasteiger partial charge in [-0.2, -0.15) is 0 Å². The number of benzene rings is 3. The SMILES string of the molecule is COc1ccc2cc(CN(C)Cn3c(=O)oc4ccccc43)ccc2c1. The number of para-hydroxylation sites is 2. The van der Waals surface area contributed by atoms with Crippen LogP contribution in [0.1, 0.15) is 5.56 Å². The number of oxazole rings is 1. The van der Waals surface area contributed by atoms with Crippen LogP contribution in [0, 0.1) is 0 Å². The molecule has 0 spiro atoms. The van der Waals surface area contributed by atoms with Gasteiger partial charge in [-0.1, -0.05) is 30.3 Å². The number of fused-ring (bicyclic) bond motifs is 2. The quantitative estimate of drug-likeness (QED) is 0.550. The van der Waals surface area contributed by atoms with Crippen molar-refractivity contribution in [1.82, 2.24) is 9.47 Å². The maximum absolute atomic E-state index is 12.1. The first kappa shape index (κ1) is 16.4. The van der Waals surface area contributed by atoms with Crippen LogP contribution < -0.4 is 10.5 Å². The highest BCUT2D eigenvalue weighted by Crippen LogP contribution is 2.22. The van der Waals surface area contributed by atoms with E-state index in [1.165, 1.54) is 10.9 Å². The second-order valence-corrected chi connectivity index (χ2v) is 6.47. The highest BCUT2D eigenvalue weighted by atomic mass is 16.5. The van der Waals surface area contributed by atoms with Gasteiger partial charge in [0, 0.05) is 6.54 Å². The summed E-state index contributed by atoms with van der Waals surface area (Å²) < 4.78 is 12.2. The Labute approximate surface area is 151 Å². The smallest absolute Gasteiger partial charge is 0.421 e. The zero-order valence-electron chi connectivity index (χ0n) is 14.8. The third kappa shape index (κ3) is 3.09. The topological polar surface area (TPSA) is 47.6 Å². The normalized spacial score (nSPS) is 11.5. The summed E-state index contributed by atoms with van der Waals surface area (Å²) in [7, 11) is 3.67. The minimum Gasteiger partial charge on any atom is -0.497 e. The first-order chi connectivity index (χ1) is 12.6. The lowest BCUT2D eigenvalue weighted by molar-refractivity contribution is 0.253. The Kier molecular flexibility index (Phi) is 4.22. The number of ether oxygens (including phenoxy) is 1.